The van der Waals surface area contributed by atoms with Crippen LogP contribution in [0, 0.1) is 0 Å². The molecule has 1 heterocycles. The zero-order chi connectivity index (χ0) is 36.7. The smallest absolute Gasteiger partial charge is 0.164 e. The van der Waals surface area contributed by atoms with E-state index in [0.29, 0.717) is 17.5 Å². The Kier molecular flexibility index (Phi) is 6.90. The highest BCUT2D eigenvalue weighted by Gasteiger charge is 2.35. The Balaban J connectivity index is 1.03. The average molecular weight is 702 g/mol. The summed E-state index contributed by atoms with van der Waals surface area (Å²) in [6.45, 7) is 4.65. The van der Waals surface area contributed by atoms with Crippen molar-refractivity contribution in [3.63, 3.8) is 0 Å². The molecule has 1 aliphatic carbocycles. The van der Waals surface area contributed by atoms with Gasteiger partial charge in [-0.05, 0) is 94.7 Å². The molecule has 3 heteroatoms. The topological polar surface area (TPSA) is 38.7 Å². The first-order valence-electron chi connectivity index (χ1n) is 18.9. The SMILES string of the molecule is CC1(C)c2ccccc2-c2cc(-c3ccc(-c4nc(-c5ccc6c(ccc7ccccc76)c5)nc(-c5ccc6c(ccc7ccccc76)c5)n4)cc3)ccc21. The second-order valence-electron chi connectivity index (χ2n) is 15.3. The van der Waals surface area contributed by atoms with Gasteiger partial charge in [-0.15, -0.1) is 0 Å². The first kappa shape index (κ1) is 31.5. The second kappa shape index (κ2) is 12.0. The zero-order valence-electron chi connectivity index (χ0n) is 30.6. The molecule has 55 heavy (non-hydrogen) atoms. The van der Waals surface area contributed by atoms with Crippen LogP contribution in [0.1, 0.15) is 25.0 Å². The van der Waals surface area contributed by atoms with Crippen LogP contribution >= 0.6 is 0 Å². The number of nitrogens with zero attached hydrogens (tertiary/aromatic N) is 3. The van der Waals surface area contributed by atoms with E-state index in [0.717, 1.165) is 33.0 Å². The molecule has 0 N–H and O–H groups in total. The van der Waals surface area contributed by atoms with Crippen LogP contribution in [0.5, 0.6) is 0 Å². The van der Waals surface area contributed by atoms with Crippen molar-refractivity contribution < 1.29 is 0 Å². The van der Waals surface area contributed by atoms with Gasteiger partial charge in [-0.25, -0.2) is 15.0 Å². The van der Waals surface area contributed by atoms with Crippen molar-refractivity contribution in [1.29, 1.82) is 0 Å². The van der Waals surface area contributed by atoms with Crippen LogP contribution in [-0.2, 0) is 5.41 Å². The van der Waals surface area contributed by atoms with Crippen molar-refractivity contribution in [3.8, 4) is 56.4 Å². The molecule has 10 aromatic rings. The highest BCUT2D eigenvalue weighted by Crippen LogP contribution is 2.49. The summed E-state index contributed by atoms with van der Waals surface area (Å²) in [5.41, 5.74) is 10.6. The quantitative estimate of drug-likeness (QED) is 0.171. The summed E-state index contributed by atoms with van der Waals surface area (Å²) in [5.74, 6) is 1.95. The third kappa shape index (κ3) is 5.08. The second-order valence-corrected chi connectivity index (χ2v) is 15.3. The highest BCUT2D eigenvalue weighted by molar-refractivity contribution is 6.09. The Morgan fingerprint density at radius 2 is 0.745 bits per heavy atom. The van der Waals surface area contributed by atoms with Crippen LogP contribution in [0.3, 0.4) is 0 Å². The molecule has 0 saturated heterocycles. The predicted octanol–water partition coefficient (Wildman–Crippen LogP) is 13.5. The van der Waals surface area contributed by atoms with Gasteiger partial charge < -0.3 is 0 Å². The van der Waals surface area contributed by atoms with Gasteiger partial charge in [0.05, 0.1) is 0 Å². The largest absolute Gasteiger partial charge is 0.208 e. The molecule has 9 aromatic carbocycles. The Morgan fingerprint density at radius 1 is 0.309 bits per heavy atom. The van der Waals surface area contributed by atoms with Crippen LogP contribution in [0.2, 0.25) is 0 Å². The maximum atomic E-state index is 5.14. The maximum Gasteiger partial charge on any atom is 0.164 e. The lowest BCUT2D eigenvalue weighted by molar-refractivity contribution is 0.660. The van der Waals surface area contributed by atoms with E-state index in [1.165, 1.54) is 60.1 Å². The summed E-state index contributed by atoms with van der Waals surface area (Å²) in [7, 11) is 0. The third-order valence-corrected chi connectivity index (χ3v) is 11.7. The van der Waals surface area contributed by atoms with Crippen molar-refractivity contribution in [3.05, 3.63) is 187 Å². The average Bonchev–Trinajstić information content (AvgIpc) is 3.48. The molecule has 0 amide bonds. The first-order chi connectivity index (χ1) is 27.0. The minimum absolute atomic E-state index is 0.0138. The summed E-state index contributed by atoms with van der Waals surface area (Å²) in [4.78, 5) is 15.4. The van der Waals surface area contributed by atoms with E-state index in [2.05, 4.69) is 190 Å². The fourth-order valence-corrected chi connectivity index (χ4v) is 8.78. The van der Waals surface area contributed by atoms with Crippen LogP contribution in [0.4, 0.5) is 0 Å². The van der Waals surface area contributed by atoms with Crippen molar-refractivity contribution in [2.45, 2.75) is 19.3 Å². The summed E-state index contributed by atoms with van der Waals surface area (Å²) in [5, 5.41) is 9.68. The fraction of sp³-hybridized carbons (Fsp3) is 0.0577. The van der Waals surface area contributed by atoms with Gasteiger partial charge in [0.15, 0.2) is 17.5 Å². The van der Waals surface area contributed by atoms with E-state index in [9.17, 15) is 0 Å². The minimum atomic E-state index is -0.0138. The molecule has 0 fully saturated rings. The normalized spacial score (nSPS) is 13.1. The molecule has 0 saturated carbocycles. The molecular formula is C52H35N3. The molecule has 0 atom stereocenters. The predicted molar refractivity (Wildman–Crippen MR) is 229 cm³/mol. The molecule has 0 spiro atoms. The number of benzene rings is 9. The first-order valence-corrected chi connectivity index (χ1v) is 18.9. The van der Waals surface area contributed by atoms with Crippen LogP contribution in [-0.4, -0.2) is 15.0 Å². The zero-order valence-corrected chi connectivity index (χ0v) is 30.6. The van der Waals surface area contributed by atoms with Gasteiger partial charge in [0.1, 0.15) is 0 Å². The number of hydrogen-bond acceptors (Lipinski definition) is 3. The summed E-state index contributed by atoms with van der Waals surface area (Å²) in [6.07, 6.45) is 0. The van der Waals surface area contributed by atoms with E-state index < -0.39 is 0 Å². The Bertz CT molecular complexity index is 3040. The van der Waals surface area contributed by atoms with Gasteiger partial charge in [0, 0.05) is 22.1 Å². The number of aromatic nitrogens is 3. The standard InChI is InChI=1S/C52H35N3/c1-52(2)47-14-8-7-13-45(47)46-31-36(25-28-48(46)52)32-15-19-35(20-16-32)49-53-50(39-23-26-43-37(29-39)21-17-33-9-3-5-11-41(33)43)55-51(54-49)40-24-27-44-38(30-40)22-18-34-10-4-6-12-42(34)44/h3-31H,1-2H3. The number of hydrogen-bond donors (Lipinski definition) is 0. The van der Waals surface area contributed by atoms with Gasteiger partial charge in [0.2, 0.25) is 0 Å². The summed E-state index contributed by atoms with van der Waals surface area (Å²) in [6, 6.07) is 63.3. The van der Waals surface area contributed by atoms with Gasteiger partial charge in [-0.2, -0.15) is 0 Å². The molecule has 258 valence electrons. The van der Waals surface area contributed by atoms with E-state index in [1.54, 1.807) is 0 Å². The fourth-order valence-electron chi connectivity index (χ4n) is 8.78. The monoisotopic (exact) mass is 701 g/mol. The molecule has 0 radical (unpaired) electrons. The number of rotatable bonds is 4. The highest BCUT2D eigenvalue weighted by atomic mass is 15.0. The van der Waals surface area contributed by atoms with Crippen LogP contribution in [0.25, 0.3) is 99.5 Å². The molecule has 0 unspecified atom stereocenters. The summed E-state index contributed by atoms with van der Waals surface area (Å²) >= 11 is 0. The molecule has 0 bridgehead atoms. The lowest BCUT2D eigenvalue weighted by atomic mass is 9.82. The van der Waals surface area contributed by atoms with Crippen LogP contribution < -0.4 is 0 Å². The Labute approximate surface area is 319 Å². The Morgan fingerprint density at radius 3 is 1.36 bits per heavy atom. The van der Waals surface area contributed by atoms with Crippen molar-refractivity contribution in [1.82, 2.24) is 15.0 Å². The number of fused-ring (bicyclic) bond motifs is 9. The van der Waals surface area contributed by atoms with E-state index in [-0.39, 0.29) is 5.41 Å². The van der Waals surface area contributed by atoms with Gasteiger partial charge in [0.25, 0.3) is 0 Å². The van der Waals surface area contributed by atoms with Gasteiger partial charge in [-0.1, -0.05) is 172 Å². The van der Waals surface area contributed by atoms with Crippen LogP contribution in [0.15, 0.2) is 176 Å². The Hall–Kier alpha value is -6.97. The van der Waals surface area contributed by atoms with Crippen molar-refractivity contribution in [2.75, 3.05) is 0 Å². The maximum absolute atomic E-state index is 5.14. The molecule has 11 rings (SSSR count). The van der Waals surface area contributed by atoms with E-state index >= 15 is 0 Å². The molecule has 0 aliphatic heterocycles. The molecule has 1 aliphatic rings. The molecular weight excluding hydrogens is 667 g/mol. The van der Waals surface area contributed by atoms with Crippen molar-refractivity contribution in [2.24, 2.45) is 0 Å². The molecule has 1 aromatic heterocycles. The van der Waals surface area contributed by atoms with Crippen molar-refractivity contribution >= 4 is 43.1 Å². The lowest BCUT2D eigenvalue weighted by Crippen LogP contribution is -2.14. The summed E-state index contributed by atoms with van der Waals surface area (Å²) < 4.78 is 0. The molecule has 3 nitrogen and oxygen atoms in total. The van der Waals surface area contributed by atoms with E-state index in [4.69, 9.17) is 15.0 Å². The lowest BCUT2D eigenvalue weighted by Gasteiger charge is -2.21. The minimum Gasteiger partial charge on any atom is -0.208 e. The van der Waals surface area contributed by atoms with Gasteiger partial charge >= 0.3 is 0 Å². The van der Waals surface area contributed by atoms with E-state index in [1.807, 2.05) is 0 Å². The third-order valence-electron chi connectivity index (χ3n) is 11.7. The van der Waals surface area contributed by atoms with Gasteiger partial charge in [-0.3, -0.25) is 0 Å².